The van der Waals surface area contributed by atoms with Crippen LogP contribution in [-0.2, 0) is 11.3 Å². The van der Waals surface area contributed by atoms with Crippen LogP contribution in [0.3, 0.4) is 0 Å². The fraction of sp³-hybridized carbons (Fsp3) is 0.500. The van der Waals surface area contributed by atoms with Crippen LogP contribution in [-0.4, -0.2) is 52.4 Å². The summed E-state index contributed by atoms with van der Waals surface area (Å²) in [6.07, 6.45) is 3.20. The summed E-state index contributed by atoms with van der Waals surface area (Å²) >= 11 is 1.82. The van der Waals surface area contributed by atoms with Crippen LogP contribution in [0.25, 0.3) is 0 Å². The number of aliphatic imine (C=N–C) groups is 1. The summed E-state index contributed by atoms with van der Waals surface area (Å²) in [5, 5.41) is 10.5. The molecule has 1 aliphatic rings. The Hall–Kier alpha value is -1.52. The first-order chi connectivity index (χ1) is 14.3. The van der Waals surface area contributed by atoms with E-state index in [0.717, 1.165) is 62.8 Å². The Morgan fingerprint density at radius 1 is 1.20 bits per heavy atom. The summed E-state index contributed by atoms with van der Waals surface area (Å²) in [5.74, 6) is 1.75. The second kappa shape index (κ2) is 13.7. The standard InChI is InChI=1S/C22H32N4O2S.HI/c1-23-22(25-19-10-13-26(14-11-19)21-5-3-16-29-21)24-12-4-15-28-17-18-6-8-20(27-2)9-7-18;/h3,5-9,16,19H,4,10-15,17H2,1-2H3,(H2,23,24,25);1H. The summed E-state index contributed by atoms with van der Waals surface area (Å²) in [6.45, 7) is 4.37. The highest BCUT2D eigenvalue weighted by Crippen LogP contribution is 2.24. The van der Waals surface area contributed by atoms with Gasteiger partial charge in [-0.3, -0.25) is 4.99 Å². The smallest absolute Gasteiger partial charge is 0.191 e. The molecule has 0 radical (unpaired) electrons. The largest absolute Gasteiger partial charge is 0.497 e. The first-order valence-electron chi connectivity index (χ1n) is 10.2. The number of guanidine groups is 1. The highest BCUT2D eigenvalue weighted by atomic mass is 127. The number of methoxy groups -OCH3 is 1. The molecule has 1 aromatic heterocycles. The van der Waals surface area contributed by atoms with Crippen LogP contribution < -0.4 is 20.3 Å². The van der Waals surface area contributed by atoms with E-state index in [1.165, 1.54) is 5.00 Å². The van der Waals surface area contributed by atoms with Gasteiger partial charge < -0.3 is 25.0 Å². The quantitative estimate of drug-likeness (QED) is 0.215. The summed E-state index contributed by atoms with van der Waals surface area (Å²) in [7, 11) is 3.51. The lowest BCUT2D eigenvalue weighted by molar-refractivity contribution is 0.119. The predicted molar refractivity (Wildman–Crippen MR) is 137 cm³/mol. The predicted octanol–water partition coefficient (Wildman–Crippen LogP) is 4.12. The number of piperidine rings is 1. The van der Waals surface area contributed by atoms with Gasteiger partial charge in [0.05, 0.1) is 18.7 Å². The fourth-order valence-corrected chi connectivity index (χ4v) is 4.16. The van der Waals surface area contributed by atoms with Gasteiger partial charge in [-0.15, -0.1) is 35.3 Å². The van der Waals surface area contributed by atoms with Crippen LogP contribution in [0.4, 0.5) is 5.00 Å². The SMILES string of the molecule is CN=C(NCCCOCc1ccc(OC)cc1)NC1CCN(c2cccs2)CC1.I. The molecule has 8 heteroatoms. The van der Waals surface area contributed by atoms with E-state index in [4.69, 9.17) is 9.47 Å². The Morgan fingerprint density at radius 3 is 2.60 bits per heavy atom. The molecule has 1 saturated heterocycles. The maximum absolute atomic E-state index is 5.76. The lowest BCUT2D eigenvalue weighted by Crippen LogP contribution is -2.48. The van der Waals surface area contributed by atoms with Crippen molar-refractivity contribution in [3.63, 3.8) is 0 Å². The average molecular weight is 545 g/mol. The molecule has 2 heterocycles. The number of rotatable bonds is 9. The number of nitrogens with one attached hydrogen (secondary N) is 2. The maximum Gasteiger partial charge on any atom is 0.191 e. The molecule has 2 N–H and O–H groups in total. The maximum atomic E-state index is 5.76. The Morgan fingerprint density at radius 2 is 1.97 bits per heavy atom. The molecule has 3 rings (SSSR count). The molecular weight excluding hydrogens is 511 g/mol. The highest BCUT2D eigenvalue weighted by Gasteiger charge is 2.20. The number of nitrogens with zero attached hydrogens (tertiary/aromatic N) is 2. The van der Waals surface area contributed by atoms with Crippen molar-refractivity contribution in [2.45, 2.75) is 31.9 Å². The zero-order chi connectivity index (χ0) is 20.3. The zero-order valence-corrected chi connectivity index (χ0v) is 20.9. The molecule has 0 amide bonds. The van der Waals surface area contributed by atoms with Crippen LogP contribution in [0.15, 0.2) is 46.8 Å². The van der Waals surface area contributed by atoms with Crippen molar-refractivity contribution >= 4 is 46.3 Å². The van der Waals surface area contributed by atoms with Crippen molar-refractivity contribution in [3.8, 4) is 5.75 Å². The van der Waals surface area contributed by atoms with E-state index in [2.05, 4.69) is 38.0 Å². The van der Waals surface area contributed by atoms with Crippen LogP contribution in [0.1, 0.15) is 24.8 Å². The van der Waals surface area contributed by atoms with Gasteiger partial charge in [0, 0.05) is 39.3 Å². The summed E-state index contributed by atoms with van der Waals surface area (Å²) in [4.78, 5) is 6.83. The second-order valence-corrected chi connectivity index (χ2v) is 8.04. The van der Waals surface area contributed by atoms with Crippen molar-refractivity contribution in [2.75, 3.05) is 45.3 Å². The van der Waals surface area contributed by atoms with Gasteiger partial charge in [0.15, 0.2) is 5.96 Å². The van der Waals surface area contributed by atoms with Crippen molar-refractivity contribution in [1.82, 2.24) is 10.6 Å². The topological polar surface area (TPSA) is 58.1 Å². The van der Waals surface area contributed by atoms with E-state index in [-0.39, 0.29) is 24.0 Å². The first kappa shape index (κ1) is 24.7. The first-order valence-corrected chi connectivity index (χ1v) is 11.1. The molecule has 1 fully saturated rings. The fourth-order valence-electron chi connectivity index (χ4n) is 3.37. The Kier molecular flexibility index (Phi) is 11.3. The molecule has 0 atom stereocenters. The van der Waals surface area contributed by atoms with E-state index in [0.29, 0.717) is 12.6 Å². The minimum Gasteiger partial charge on any atom is -0.497 e. The molecule has 2 aromatic rings. The summed E-state index contributed by atoms with van der Waals surface area (Å²) in [5.41, 5.74) is 1.16. The van der Waals surface area contributed by atoms with E-state index in [1.807, 2.05) is 42.6 Å². The van der Waals surface area contributed by atoms with E-state index >= 15 is 0 Å². The average Bonchev–Trinajstić information content (AvgIpc) is 3.31. The van der Waals surface area contributed by atoms with Gasteiger partial charge >= 0.3 is 0 Å². The third kappa shape index (κ3) is 7.96. The third-order valence-electron chi connectivity index (χ3n) is 5.06. The summed E-state index contributed by atoms with van der Waals surface area (Å²) < 4.78 is 10.9. The third-order valence-corrected chi connectivity index (χ3v) is 5.99. The lowest BCUT2D eigenvalue weighted by atomic mass is 10.1. The molecule has 166 valence electrons. The number of hydrogen-bond donors (Lipinski definition) is 2. The van der Waals surface area contributed by atoms with Crippen LogP contribution in [0.2, 0.25) is 0 Å². The van der Waals surface area contributed by atoms with Gasteiger partial charge in [-0.25, -0.2) is 0 Å². The van der Waals surface area contributed by atoms with Crippen molar-refractivity contribution in [2.24, 2.45) is 4.99 Å². The Balaban J connectivity index is 0.00000320. The molecule has 0 saturated carbocycles. The molecule has 1 aliphatic heterocycles. The number of hydrogen-bond acceptors (Lipinski definition) is 5. The van der Waals surface area contributed by atoms with Gasteiger partial charge in [0.2, 0.25) is 0 Å². The number of halogens is 1. The minimum absolute atomic E-state index is 0. The molecule has 30 heavy (non-hydrogen) atoms. The van der Waals surface area contributed by atoms with Crippen LogP contribution in [0, 0.1) is 0 Å². The highest BCUT2D eigenvalue weighted by molar-refractivity contribution is 14.0. The molecule has 0 bridgehead atoms. The van der Waals surface area contributed by atoms with Crippen molar-refractivity contribution < 1.29 is 9.47 Å². The lowest BCUT2D eigenvalue weighted by Gasteiger charge is -2.33. The Labute approximate surface area is 201 Å². The van der Waals surface area contributed by atoms with E-state index in [1.54, 1.807) is 7.11 Å². The molecule has 0 spiro atoms. The van der Waals surface area contributed by atoms with Crippen LogP contribution in [0.5, 0.6) is 5.75 Å². The van der Waals surface area contributed by atoms with Crippen LogP contribution >= 0.6 is 35.3 Å². The molecule has 6 nitrogen and oxygen atoms in total. The number of thiophene rings is 1. The molecule has 0 unspecified atom stereocenters. The Bertz CT molecular complexity index is 732. The van der Waals surface area contributed by atoms with E-state index in [9.17, 15) is 0 Å². The van der Waals surface area contributed by atoms with Gasteiger partial charge in [0.1, 0.15) is 5.75 Å². The number of benzene rings is 1. The normalized spacial score (nSPS) is 14.9. The minimum atomic E-state index is 0. The summed E-state index contributed by atoms with van der Waals surface area (Å²) in [6, 6.07) is 12.8. The molecule has 1 aromatic carbocycles. The second-order valence-electron chi connectivity index (χ2n) is 7.11. The van der Waals surface area contributed by atoms with E-state index < -0.39 is 0 Å². The van der Waals surface area contributed by atoms with Crippen molar-refractivity contribution in [1.29, 1.82) is 0 Å². The van der Waals surface area contributed by atoms with Gasteiger partial charge in [-0.1, -0.05) is 12.1 Å². The van der Waals surface area contributed by atoms with Gasteiger partial charge in [-0.05, 0) is 54.5 Å². The van der Waals surface area contributed by atoms with Gasteiger partial charge in [-0.2, -0.15) is 0 Å². The molecular formula is C22H33IN4O2S. The number of anilines is 1. The molecule has 0 aliphatic carbocycles. The number of ether oxygens (including phenoxy) is 2. The monoisotopic (exact) mass is 544 g/mol. The van der Waals surface area contributed by atoms with Crippen molar-refractivity contribution in [3.05, 3.63) is 47.3 Å². The zero-order valence-electron chi connectivity index (χ0n) is 17.8. The van der Waals surface area contributed by atoms with Gasteiger partial charge in [0.25, 0.3) is 0 Å².